The average Bonchev–Trinajstić information content (AvgIpc) is 2.54. The quantitative estimate of drug-likeness (QED) is 0.432. The summed E-state index contributed by atoms with van der Waals surface area (Å²) in [5, 5.41) is 8.54. The molecular weight excluding hydrogens is 292 g/mol. The van der Waals surface area contributed by atoms with Crippen LogP contribution in [0.1, 0.15) is 38.2 Å². The summed E-state index contributed by atoms with van der Waals surface area (Å²) >= 11 is 0. The van der Waals surface area contributed by atoms with Crippen LogP contribution in [-0.4, -0.2) is 38.7 Å². The van der Waals surface area contributed by atoms with E-state index in [0.29, 0.717) is 25.1 Å². The third-order valence-electron chi connectivity index (χ3n) is 3.43. The van der Waals surface area contributed by atoms with Crippen LogP contribution in [0.15, 0.2) is 24.3 Å². The van der Waals surface area contributed by atoms with Crippen LogP contribution >= 0.6 is 0 Å². The van der Waals surface area contributed by atoms with E-state index in [0.717, 1.165) is 18.5 Å². The van der Waals surface area contributed by atoms with Crippen LogP contribution in [0.4, 0.5) is 9.18 Å². The van der Waals surface area contributed by atoms with Crippen molar-refractivity contribution in [1.29, 1.82) is 0 Å². The van der Waals surface area contributed by atoms with E-state index in [1.807, 2.05) is 0 Å². The van der Waals surface area contributed by atoms with E-state index in [9.17, 15) is 9.18 Å². The van der Waals surface area contributed by atoms with Crippen molar-refractivity contribution >= 4 is 19.1 Å². The second-order valence-electron chi connectivity index (χ2n) is 5.50. The summed E-state index contributed by atoms with van der Waals surface area (Å²) in [5.41, 5.74) is 1.54. The van der Waals surface area contributed by atoms with Gasteiger partial charge >= 0.3 is 139 Å². The summed E-state index contributed by atoms with van der Waals surface area (Å²) < 4.78 is 12.8. The molecule has 0 spiro atoms. The zero-order valence-electron chi connectivity index (χ0n) is 13.8. The molecule has 0 unspecified atom stereocenters. The fraction of sp³-hybridized carbons (Fsp3) is 0.529. The number of amides is 2. The molecule has 0 fully saturated rings. The summed E-state index contributed by atoms with van der Waals surface area (Å²) in [4.78, 5) is 11.6. The van der Waals surface area contributed by atoms with E-state index >= 15 is 0 Å². The molecular formula is C17H26BFN3O. The number of hydrogen-bond donors (Lipinski definition) is 3. The number of unbranched alkanes of at least 4 members (excludes halogenated alkanes) is 3. The van der Waals surface area contributed by atoms with Gasteiger partial charge in [0.25, 0.3) is 0 Å². The second kappa shape index (κ2) is 11.7. The van der Waals surface area contributed by atoms with E-state index in [-0.39, 0.29) is 11.8 Å². The first-order valence-corrected chi connectivity index (χ1v) is 8.23. The van der Waals surface area contributed by atoms with Gasteiger partial charge < -0.3 is 0 Å². The summed E-state index contributed by atoms with van der Waals surface area (Å²) in [7, 11) is 5.80. The Labute approximate surface area is 139 Å². The first-order valence-electron chi connectivity index (χ1n) is 8.23. The van der Waals surface area contributed by atoms with Crippen LogP contribution in [-0.2, 0) is 6.42 Å². The molecule has 3 N–H and O–H groups in total. The first-order chi connectivity index (χ1) is 11.1. The summed E-state index contributed by atoms with van der Waals surface area (Å²) in [6.07, 6.45) is 5.37. The van der Waals surface area contributed by atoms with Crippen LogP contribution in [0.2, 0.25) is 0 Å². The van der Waals surface area contributed by atoms with E-state index in [2.05, 4.69) is 22.9 Å². The van der Waals surface area contributed by atoms with Crippen LogP contribution in [0.3, 0.4) is 0 Å². The van der Waals surface area contributed by atoms with Gasteiger partial charge in [0.2, 0.25) is 0 Å². The van der Waals surface area contributed by atoms with Gasteiger partial charge in [-0.3, -0.25) is 0 Å². The number of benzene rings is 1. The molecule has 1 radical (unpaired) electrons. The normalized spacial score (nSPS) is 10.1. The Morgan fingerprint density at radius 1 is 1.04 bits per heavy atom. The molecule has 0 heterocycles. The molecule has 0 aliphatic heterocycles. The van der Waals surface area contributed by atoms with Gasteiger partial charge in [-0.25, -0.2) is 0 Å². The SMILES string of the molecule is [B]=C(CNC(=O)NCCc1ccc(F)cc1)NCCCCCC. The summed E-state index contributed by atoms with van der Waals surface area (Å²) in [6, 6.07) is 5.99. The number of carbonyl (C=O) groups is 1. The Morgan fingerprint density at radius 3 is 2.48 bits per heavy atom. The van der Waals surface area contributed by atoms with E-state index in [1.54, 1.807) is 12.1 Å². The van der Waals surface area contributed by atoms with Gasteiger partial charge in [0, 0.05) is 0 Å². The van der Waals surface area contributed by atoms with Crippen LogP contribution in [0.5, 0.6) is 0 Å². The van der Waals surface area contributed by atoms with Gasteiger partial charge in [0.05, 0.1) is 0 Å². The van der Waals surface area contributed by atoms with E-state index in [4.69, 9.17) is 7.49 Å². The van der Waals surface area contributed by atoms with Crippen molar-refractivity contribution in [3.63, 3.8) is 0 Å². The van der Waals surface area contributed by atoms with Crippen LogP contribution < -0.4 is 16.0 Å². The van der Waals surface area contributed by atoms with Crippen molar-refractivity contribution in [1.82, 2.24) is 16.0 Å². The van der Waals surface area contributed by atoms with Gasteiger partial charge in [-0.2, -0.15) is 0 Å². The van der Waals surface area contributed by atoms with Gasteiger partial charge in [0.15, 0.2) is 0 Å². The van der Waals surface area contributed by atoms with Crippen LogP contribution in [0, 0.1) is 5.82 Å². The molecule has 0 saturated heterocycles. The molecule has 1 aromatic carbocycles. The predicted octanol–water partition coefficient (Wildman–Crippen LogP) is 2.14. The van der Waals surface area contributed by atoms with E-state index < -0.39 is 0 Å². The zero-order valence-corrected chi connectivity index (χ0v) is 13.8. The molecule has 0 aromatic heterocycles. The van der Waals surface area contributed by atoms with Crippen molar-refractivity contribution in [2.24, 2.45) is 0 Å². The van der Waals surface area contributed by atoms with E-state index in [1.165, 1.54) is 31.4 Å². The molecule has 1 rings (SSSR count). The molecule has 0 aliphatic carbocycles. The topological polar surface area (TPSA) is 53.2 Å². The zero-order chi connectivity index (χ0) is 16.9. The van der Waals surface area contributed by atoms with Crippen molar-refractivity contribution in [3.8, 4) is 0 Å². The number of halogens is 1. The molecule has 6 heteroatoms. The Balaban J connectivity index is 2.05. The average molecular weight is 318 g/mol. The molecule has 125 valence electrons. The Bertz CT molecular complexity index is 479. The molecule has 4 nitrogen and oxygen atoms in total. The molecule has 0 bridgehead atoms. The number of urea groups is 1. The first kappa shape index (κ1) is 19.2. The molecule has 1 aromatic rings. The molecule has 0 atom stereocenters. The number of hydrogen-bond acceptors (Lipinski definition) is 2. The third kappa shape index (κ3) is 9.71. The predicted molar refractivity (Wildman–Crippen MR) is 94.4 cm³/mol. The van der Waals surface area contributed by atoms with Gasteiger partial charge in [-0.15, -0.1) is 0 Å². The van der Waals surface area contributed by atoms with Crippen LogP contribution in [0.25, 0.3) is 0 Å². The molecule has 0 aliphatic rings. The van der Waals surface area contributed by atoms with Crippen molar-refractivity contribution in [2.75, 3.05) is 19.6 Å². The Hall–Kier alpha value is -1.85. The van der Waals surface area contributed by atoms with Gasteiger partial charge in [-0.05, 0) is 0 Å². The van der Waals surface area contributed by atoms with Crippen molar-refractivity contribution in [2.45, 2.75) is 39.0 Å². The minimum absolute atomic E-state index is 0.257. The second-order valence-corrected chi connectivity index (χ2v) is 5.50. The molecule has 0 saturated carbocycles. The number of carbonyl (C=O) groups excluding carboxylic acids is 1. The standard InChI is InChI=1S/C17H26BFN3O/c1-2-3-4-5-11-20-16(18)13-22-17(23)21-12-10-14-6-8-15(19)9-7-14/h6-9,20H,2-5,10-13H2,1H3,(H2,21,22,23). The third-order valence-corrected chi connectivity index (χ3v) is 3.43. The summed E-state index contributed by atoms with van der Waals surface area (Å²) in [6.45, 7) is 3.80. The minimum atomic E-state index is -0.261. The Morgan fingerprint density at radius 2 is 1.78 bits per heavy atom. The summed E-state index contributed by atoms with van der Waals surface area (Å²) in [5.74, 6) is -0.257. The fourth-order valence-electron chi connectivity index (χ4n) is 2.07. The van der Waals surface area contributed by atoms with Gasteiger partial charge in [-0.1, -0.05) is 0 Å². The molecule has 23 heavy (non-hydrogen) atoms. The maximum atomic E-state index is 12.8. The van der Waals surface area contributed by atoms with Crippen molar-refractivity contribution in [3.05, 3.63) is 35.6 Å². The Kier molecular flexibility index (Phi) is 9.76. The van der Waals surface area contributed by atoms with Crippen molar-refractivity contribution < 1.29 is 9.18 Å². The number of nitrogens with one attached hydrogen (secondary N) is 3. The maximum absolute atomic E-state index is 12.8. The fourth-order valence-corrected chi connectivity index (χ4v) is 2.07. The van der Waals surface area contributed by atoms with Gasteiger partial charge in [0.1, 0.15) is 0 Å². The number of rotatable bonds is 11. The molecule has 2 amide bonds. The monoisotopic (exact) mass is 318 g/mol.